The van der Waals surface area contributed by atoms with Gasteiger partial charge in [-0.1, -0.05) is 17.7 Å². The van der Waals surface area contributed by atoms with Crippen LogP contribution in [-0.2, 0) is 14.6 Å². The molecule has 1 N–H and O–H groups in total. The number of benzene rings is 2. The molecule has 0 saturated heterocycles. The molecule has 4 rings (SSSR count). The molecule has 0 bridgehead atoms. The summed E-state index contributed by atoms with van der Waals surface area (Å²) in [5.74, 6) is 0.696. The number of nitrogens with one attached hydrogen (secondary N) is 1. The lowest BCUT2D eigenvalue weighted by atomic mass is 9.90. The Morgan fingerprint density at radius 3 is 2.47 bits per heavy atom. The number of sulfone groups is 1. The van der Waals surface area contributed by atoms with Crippen LogP contribution in [0.4, 0.5) is 5.69 Å². The Morgan fingerprint density at radius 2 is 1.80 bits per heavy atom. The van der Waals surface area contributed by atoms with Crippen LogP contribution in [0.1, 0.15) is 28.3 Å². The summed E-state index contributed by atoms with van der Waals surface area (Å²) in [5, 5.41) is 4.38. The quantitative estimate of drug-likeness (QED) is 0.633. The minimum absolute atomic E-state index is 0.117. The van der Waals surface area contributed by atoms with Crippen LogP contribution in [0.5, 0.6) is 11.5 Å². The lowest BCUT2D eigenvalue weighted by Gasteiger charge is -2.25. The fourth-order valence-electron chi connectivity index (χ4n) is 3.61. The van der Waals surface area contributed by atoms with Gasteiger partial charge in [-0.3, -0.25) is 4.79 Å². The molecule has 3 aromatic rings. The third kappa shape index (κ3) is 3.46. The molecule has 8 heteroatoms. The summed E-state index contributed by atoms with van der Waals surface area (Å²) < 4.78 is 37.4. The van der Waals surface area contributed by atoms with E-state index < -0.39 is 9.84 Å². The number of fused-ring (bicyclic) bond motifs is 1. The zero-order chi connectivity index (χ0) is 21.5. The zero-order valence-electron chi connectivity index (χ0n) is 16.8. The first-order valence-electron chi connectivity index (χ1n) is 9.30. The molecule has 1 aromatic heterocycles. The van der Waals surface area contributed by atoms with Crippen molar-refractivity contribution in [3.8, 4) is 11.5 Å². The van der Waals surface area contributed by atoms with Crippen LogP contribution < -0.4 is 14.8 Å². The fourth-order valence-corrected chi connectivity index (χ4v) is 6.51. The number of hydrogen-bond donors (Lipinski definition) is 1. The Hall–Kier alpha value is -2.84. The molecule has 0 aliphatic carbocycles. The van der Waals surface area contributed by atoms with Crippen LogP contribution in [0.25, 0.3) is 0 Å². The monoisotopic (exact) mass is 443 g/mol. The molecule has 0 radical (unpaired) electrons. The van der Waals surface area contributed by atoms with Gasteiger partial charge in [0.05, 0.1) is 24.8 Å². The van der Waals surface area contributed by atoms with Gasteiger partial charge in [0.2, 0.25) is 15.7 Å². The number of carbonyl (C=O) groups is 1. The summed E-state index contributed by atoms with van der Waals surface area (Å²) in [5.41, 5.74) is 2.11. The predicted octanol–water partition coefficient (Wildman–Crippen LogP) is 4.38. The van der Waals surface area contributed by atoms with Crippen molar-refractivity contribution in [2.75, 3.05) is 19.5 Å². The van der Waals surface area contributed by atoms with Gasteiger partial charge in [0, 0.05) is 28.2 Å². The molecule has 1 amide bonds. The third-order valence-electron chi connectivity index (χ3n) is 5.19. The first-order chi connectivity index (χ1) is 14.3. The van der Waals surface area contributed by atoms with Gasteiger partial charge in [0.15, 0.2) is 0 Å². The van der Waals surface area contributed by atoms with Gasteiger partial charge < -0.3 is 14.8 Å². The average molecular weight is 444 g/mol. The van der Waals surface area contributed by atoms with Crippen molar-refractivity contribution in [3.63, 3.8) is 0 Å². The number of carbonyl (C=O) groups excluding carboxylic acids is 1. The molecule has 156 valence electrons. The van der Waals surface area contributed by atoms with E-state index in [0.717, 1.165) is 16.0 Å². The smallest absolute Gasteiger partial charge is 0.225 e. The van der Waals surface area contributed by atoms with Crippen molar-refractivity contribution in [1.29, 1.82) is 0 Å². The van der Waals surface area contributed by atoms with Crippen LogP contribution in [0, 0.1) is 6.92 Å². The first kappa shape index (κ1) is 20.4. The van der Waals surface area contributed by atoms with E-state index >= 15 is 0 Å². The number of amides is 1. The molecule has 0 saturated carbocycles. The lowest BCUT2D eigenvalue weighted by molar-refractivity contribution is -0.116. The van der Waals surface area contributed by atoms with Crippen molar-refractivity contribution in [2.45, 2.75) is 29.1 Å². The highest BCUT2D eigenvalue weighted by atomic mass is 32.2. The lowest BCUT2D eigenvalue weighted by Crippen LogP contribution is -2.23. The molecule has 1 aliphatic heterocycles. The van der Waals surface area contributed by atoms with Crippen molar-refractivity contribution in [3.05, 3.63) is 63.8 Å². The predicted molar refractivity (Wildman–Crippen MR) is 116 cm³/mol. The van der Waals surface area contributed by atoms with Gasteiger partial charge >= 0.3 is 0 Å². The molecule has 30 heavy (non-hydrogen) atoms. The van der Waals surface area contributed by atoms with Crippen molar-refractivity contribution >= 4 is 32.8 Å². The van der Waals surface area contributed by atoms with Gasteiger partial charge in [-0.15, -0.1) is 11.3 Å². The Morgan fingerprint density at radius 1 is 1.07 bits per heavy atom. The minimum Gasteiger partial charge on any atom is -0.497 e. The third-order valence-corrected chi connectivity index (χ3v) is 8.23. The summed E-state index contributed by atoms with van der Waals surface area (Å²) in [6, 6.07) is 12.1. The molecule has 0 fully saturated rings. The fraction of sp³-hybridized carbons (Fsp3) is 0.227. The van der Waals surface area contributed by atoms with E-state index in [1.54, 1.807) is 56.0 Å². The number of anilines is 1. The maximum atomic E-state index is 13.3. The SMILES string of the molecule is COc1ccc(OC)c(C2CC(=O)Nc3c(S(=O)(=O)c4ccc(C)cc4)csc32)c1. The molecule has 6 nitrogen and oxygen atoms in total. The zero-order valence-corrected chi connectivity index (χ0v) is 18.4. The average Bonchev–Trinajstić information content (AvgIpc) is 3.17. The van der Waals surface area contributed by atoms with Gasteiger partial charge in [-0.05, 0) is 37.3 Å². The topological polar surface area (TPSA) is 81.7 Å². The van der Waals surface area contributed by atoms with Gasteiger partial charge in [-0.2, -0.15) is 0 Å². The number of rotatable bonds is 5. The van der Waals surface area contributed by atoms with Gasteiger partial charge in [0.1, 0.15) is 16.4 Å². The number of hydrogen-bond acceptors (Lipinski definition) is 6. The highest BCUT2D eigenvalue weighted by Crippen LogP contribution is 2.48. The normalized spacial score (nSPS) is 16.0. The molecular weight excluding hydrogens is 422 g/mol. The Bertz CT molecular complexity index is 1210. The molecule has 1 unspecified atom stereocenters. The van der Waals surface area contributed by atoms with E-state index in [1.165, 1.54) is 11.3 Å². The summed E-state index contributed by atoms with van der Waals surface area (Å²) in [7, 11) is -0.634. The second-order valence-electron chi connectivity index (χ2n) is 7.07. The second kappa shape index (κ2) is 7.77. The summed E-state index contributed by atoms with van der Waals surface area (Å²) in [6.07, 6.45) is 0.195. The van der Waals surface area contributed by atoms with E-state index in [0.29, 0.717) is 17.2 Å². The highest BCUT2D eigenvalue weighted by molar-refractivity contribution is 7.91. The Kier molecular flexibility index (Phi) is 5.29. The van der Waals surface area contributed by atoms with E-state index in [4.69, 9.17) is 9.47 Å². The maximum Gasteiger partial charge on any atom is 0.225 e. The number of aryl methyl sites for hydroxylation is 1. The van der Waals surface area contributed by atoms with Crippen LogP contribution in [0.3, 0.4) is 0 Å². The summed E-state index contributed by atoms with van der Waals surface area (Å²) in [4.78, 5) is 13.6. The van der Waals surface area contributed by atoms with Crippen LogP contribution >= 0.6 is 11.3 Å². The molecule has 1 aliphatic rings. The standard InChI is InChI=1S/C22H21NO5S2/c1-13-4-7-15(8-5-13)30(25,26)19-12-29-22-17(11-20(24)23-21(19)22)16-10-14(27-2)6-9-18(16)28-3/h4-10,12,17H,11H2,1-3H3,(H,23,24). The van der Waals surface area contributed by atoms with E-state index in [1.807, 2.05) is 13.0 Å². The first-order valence-corrected chi connectivity index (χ1v) is 11.7. The minimum atomic E-state index is -3.77. The van der Waals surface area contributed by atoms with E-state index in [9.17, 15) is 13.2 Å². The van der Waals surface area contributed by atoms with Crippen molar-refractivity contribution in [1.82, 2.24) is 0 Å². The van der Waals surface area contributed by atoms with Crippen LogP contribution in [-0.4, -0.2) is 28.5 Å². The highest BCUT2D eigenvalue weighted by Gasteiger charge is 2.35. The molecule has 0 spiro atoms. The maximum absolute atomic E-state index is 13.3. The second-order valence-corrected chi connectivity index (χ2v) is 9.90. The molecule has 2 aromatic carbocycles. The number of methoxy groups -OCH3 is 2. The van der Waals surface area contributed by atoms with Crippen LogP contribution in [0.2, 0.25) is 0 Å². The van der Waals surface area contributed by atoms with E-state index in [-0.39, 0.29) is 28.0 Å². The van der Waals surface area contributed by atoms with Gasteiger partial charge in [-0.25, -0.2) is 8.42 Å². The Labute approximate surface area is 179 Å². The van der Waals surface area contributed by atoms with Crippen molar-refractivity contribution < 1.29 is 22.7 Å². The number of thiophene rings is 1. The van der Waals surface area contributed by atoms with Crippen LogP contribution in [0.15, 0.2) is 57.6 Å². The summed E-state index contributed by atoms with van der Waals surface area (Å²) >= 11 is 1.32. The van der Waals surface area contributed by atoms with Crippen molar-refractivity contribution in [2.24, 2.45) is 0 Å². The van der Waals surface area contributed by atoms with E-state index in [2.05, 4.69) is 5.32 Å². The summed E-state index contributed by atoms with van der Waals surface area (Å²) in [6.45, 7) is 1.90. The Balaban J connectivity index is 1.85. The molecule has 2 heterocycles. The van der Waals surface area contributed by atoms with Gasteiger partial charge in [0.25, 0.3) is 0 Å². The largest absolute Gasteiger partial charge is 0.497 e. The molecular formula is C22H21NO5S2. The number of ether oxygens (including phenoxy) is 2. The molecule has 1 atom stereocenters.